The second kappa shape index (κ2) is 13.2. The standard InChI is InChI=1S/C30H37N5O6S/c1-5-8-9-10-11-20(6-2)28-31-19(4)26-29(36)32-27(33-35(26)28)24-18-22(14-17-25(24)41-7-3)34-42(39,40)23-15-12-21(13-16-23)30(37)38/h12-18,20,34H,5-11H2,1-4H3,(H,37,38)(H,32,33,36). The molecule has 2 aromatic carbocycles. The van der Waals surface area contributed by atoms with Crippen LogP contribution in [0.3, 0.4) is 0 Å². The van der Waals surface area contributed by atoms with Gasteiger partial charge in [-0.2, -0.15) is 0 Å². The van der Waals surface area contributed by atoms with Crippen molar-refractivity contribution in [2.24, 2.45) is 0 Å². The summed E-state index contributed by atoms with van der Waals surface area (Å²) in [5, 5.41) is 13.9. The van der Waals surface area contributed by atoms with E-state index in [1.807, 2.05) is 6.92 Å². The number of fused-ring (bicyclic) bond motifs is 1. The zero-order valence-electron chi connectivity index (χ0n) is 24.3. The van der Waals surface area contributed by atoms with Crippen molar-refractivity contribution in [3.05, 3.63) is 69.9 Å². The van der Waals surface area contributed by atoms with Crippen LogP contribution in [0.4, 0.5) is 5.69 Å². The number of aromatic carboxylic acids is 1. The molecule has 0 radical (unpaired) electrons. The zero-order chi connectivity index (χ0) is 30.4. The minimum atomic E-state index is -4.05. The fourth-order valence-corrected chi connectivity index (χ4v) is 6.01. The van der Waals surface area contributed by atoms with E-state index in [-0.39, 0.29) is 33.4 Å². The minimum absolute atomic E-state index is 0.0249. The van der Waals surface area contributed by atoms with E-state index in [9.17, 15) is 18.0 Å². The first-order chi connectivity index (χ1) is 20.1. The Kier molecular flexibility index (Phi) is 9.66. The van der Waals surface area contributed by atoms with Gasteiger partial charge < -0.3 is 14.8 Å². The van der Waals surface area contributed by atoms with Gasteiger partial charge in [0.25, 0.3) is 15.6 Å². The fraction of sp³-hybridized carbons (Fsp3) is 0.400. The molecular weight excluding hydrogens is 558 g/mol. The van der Waals surface area contributed by atoms with E-state index in [1.54, 1.807) is 29.6 Å². The van der Waals surface area contributed by atoms with Gasteiger partial charge in [-0.05, 0) is 69.2 Å². The number of unbranched alkanes of at least 4 members (excludes halogenated alkanes) is 3. The van der Waals surface area contributed by atoms with Crippen LogP contribution in [0.2, 0.25) is 0 Å². The number of nitrogens with zero attached hydrogens (tertiary/aromatic N) is 3. The lowest BCUT2D eigenvalue weighted by Crippen LogP contribution is -2.17. The number of anilines is 1. The van der Waals surface area contributed by atoms with Crippen LogP contribution in [0.25, 0.3) is 16.9 Å². The molecule has 0 aliphatic rings. The summed E-state index contributed by atoms with van der Waals surface area (Å²) in [5.41, 5.74) is 1.19. The van der Waals surface area contributed by atoms with Gasteiger partial charge in [0.1, 0.15) is 11.6 Å². The first-order valence-electron chi connectivity index (χ1n) is 14.2. The van der Waals surface area contributed by atoms with Crippen LogP contribution in [0.15, 0.2) is 52.2 Å². The molecule has 4 aromatic rings. The Morgan fingerprint density at radius 2 is 1.83 bits per heavy atom. The molecule has 0 saturated carbocycles. The molecule has 2 aromatic heterocycles. The highest BCUT2D eigenvalue weighted by molar-refractivity contribution is 7.92. The molecule has 12 heteroatoms. The van der Waals surface area contributed by atoms with Gasteiger partial charge in [-0.1, -0.05) is 39.5 Å². The zero-order valence-corrected chi connectivity index (χ0v) is 25.1. The Morgan fingerprint density at radius 3 is 2.48 bits per heavy atom. The van der Waals surface area contributed by atoms with Gasteiger partial charge >= 0.3 is 5.97 Å². The van der Waals surface area contributed by atoms with Crippen molar-refractivity contribution in [3.63, 3.8) is 0 Å². The number of carboxylic acid groups (broad SMARTS) is 1. The maximum Gasteiger partial charge on any atom is 0.335 e. The number of carboxylic acids is 1. The molecule has 3 N–H and O–H groups in total. The molecule has 0 bridgehead atoms. The van der Waals surface area contributed by atoms with E-state index in [1.165, 1.54) is 30.7 Å². The largest absolute Gasteiger partial charge is 0.493 e. The molecule has 0 fully saturated rings. The molecule has 0 aliphatic carbocycles. The van der Waals surface area contributed by atoms with Crippen molar-refractivity contribution in [2.45, 2.75) is 77.0 Å². The molecule has 4 rings (SSSR count). The van der Waals surface area contributed by atoms with Gasteiger partial charge in [-0.15, -0.1) is 5.10 Å². The molecule has 1 atom stereocenters. The molecule has 0 aliphatic heterocycles. The maximum absolute atomic E-state index is 13.3. The number of hydrogen-bond acceptors (Lipinski definition) is 7. The number of aromatic amines is 1. The quantitative estimate of drug-likeness (QED) is 0.156. The number of ether oxygens (including phenoxy) is 1. The second-order valence-electron chi connectivity index (χ2n) is 10.2. The lowest BCUT2D eigenvalue weighted by Gasteiger charge is -2.15. The molecule has 1 unspecified atom stereocenters. The summed E-state index contributed by atoms with van der Waals surface area (Å²) in [4.78, 5) is 31.9. The SMILES string of the molecule is CCCCCCC(CC)c1nc(C)c2c(=O)[nH]c(-c3cc(NS(=O)(=O)c4ccc(C(=O)O)cc4)ccc3OCC)nn12. The van der Waals surface area contributed by atoms with Crippen LogP contribution in [0, 0.1) is 6.92 Å². The number of aryl methyl sites for hydroxylation is 1. The van der Waals surface area contributed by atoms with Gasteiger partial charge in [0, 0.05) is 11.6 Å². The first kappa shape index (κ1) is 30.8. The Labute approximate surface area is 245 Å². The lowest BCUT2D eigenvalue weighted by atomic mass is 9.97. The number of H-pyrrole nitrogens is 1. The Bertz CT molecular complexity index is 1730. The van der Waals surface area contributed by atoms with Crippen LogP contribution in [0.1, 0.15) is 87.1 Å². The van der Waals surface area contributed by atoms with E-state index in [0.29, 0.717) is 29.1 Å². The van der Waals surface area contributed by atoms with Crippen molar-refractivity contribution < 1.29 is 23.1 Å². The predicted octanol–water partition coefficient (Wildman–Crippen LogP) is 5.75. The third kappa shape index (κ3) is 6.64. The molecule has 11 nitrogen and oxygen atoms in total. The minimum Gasteiger partial charge on any atom is -0.493 e. The predicted molar refractivity (Wildman–Crippen MR) is 161 cm³/mol. The number of carbonyl (C=O) groups is 1. The summed E-state index contributed by atoms with van der Waals surface area (Å²) in [7, 11) is -4.05. The summed E-state index contributed by atoms with van der Waals surface area (Å²) in [6.07, 6.45) is 6.31. The van der Waals surface area contributed by atoms with Crippen LogP contribution < -0.4 is 15.0 Å². The number of imidazole rings is 1. The van der Waals surface area contributed by atoms with E-state index in [4.69, 9.17) is 19.9 Å². The van der Waals surface area contributed by atoms with Crippen molar-refractivity contribution in [3.8, 4) is 17.1 Å². The molecule has 2 heterocycles. The van der Waals surface area contributed by atoms with Gasteiger partial charge in [0.05, 0.1) is 28.3 Å². The fourth-order valence-electron chi connectivity index (χ4n) is 4.96. The lowest BCUT2D eigenvalue weighted by molar-refractivity contribution is 0.0696. The van der Waals surface area contributed by atoms with E-state index < -0.39 is 16.0 Å². The van der Waals surface area contributed by atoms with Gasteiger partial charge in [-0.25, -0.2) is 22.7 Å². The Morgan fingerprint density at radius 1 is 1.10 bits per heavy atom. The van der Waals surface area contributed by atoms with Gasteiger partial charge in [0.2, 0.25) is 0 Å². The number of sulfonamides is 1. The summed E-state index contributed by atoms with van der Waals surface area (Å²) < 4.78 is 36.1. The number of rotatable bonds is 14. The monoisotopic (exact) mass is 595 g/mol. The molecular formula is C30H37N5O6S. The smallest absolute Gasteiger partial charge is 0.335 e. The van der Waals surface area contributed by atoms with E-state index >= 15 is 0 Å². The average molecular weight is 596 g/mol. The maximum atomic E-state index is 13.3. The van der Waals surface area contributed by atoms with Gasteiger partial charge in [-0.3, -0.25) is 9.52 Å². The summed E-state index contributed by atoms with van der Waals surface area (Å²) in [6.45, 7) is 8.24. The normalized spacial score (nSPS) is 12.4. The van der Waals surface area contributed by atoms with Crippen LogP contribution in [0.5, 0.6) is 5.75 Å². The second-order valence-corrected chi connectivity index (χ2v) is 11.8. The number of hydrogen-bond donors (Lipinski definition) is 3. The van der Waals surface area contributed by atoms with Crippen molar-refractivity contribution in [2.75, 3.05) is 11.3 Å². The third-order valence-electron chi connectivity index (χ3n) is 7.16. The number of nitrogens with one attached hydrogen (secondary N) is 2. The van der Waals surface area contributed by atoms with Gasteiger partial charge in [0.15, 0.2) is 11.3 Å². The van der Waals surface area contributed by atoms with Crippen LogP contribution in [-0.2, 0) is 10.0 Å². The summed E-state index contributed by atoms with van der Waals surface area (Å²) in [5.74, 6) is 0.330. The highest BCUT2D eigenvalue weighted by Gasteiger charge is 2.23. The number of aromatic nitrogens is 4. The molecule has 0 spiro atoms. The molecule has 224 valence electrons. The first-order valence-corrected chi connectivity index (χ1v) is 15.7. The molecule has 42 heavy (non-hydrogen) atoms. The highest BCUT2D eigenvalue weighted by atomic mass is 32.2. The molecule has 0 saturated heterocycles. The summed E-state index contributed by atoms with van der Waals surface area (Å²) in [6, 6.07) is 9.60. The van der Waals surface area contributed by atoms with Crippen molar-refractivity contribution >= 4 is 27.2 Å². The van der Waals surface area contributed by atoms with Crippen molar-refractivity contribution in [1.29, 1.82) is 0 Å². The summed E-state index contributed by atoms with van der Waals surface area (Å²) >= 11 is 0. The van der Waals surface area contributed by atoms with Crippen molar-refractivity contribution in [1.82, 2.24) is 19.6 Å². The van der Waals surface area contributed by atoms with E-state index in [2.05, 4.69) is 23.6 Å². The average Bonchev–Trinajstić information content (AvgIpc) is 3.30. The van der Waals surface area contributed by atoms with Crippen LogP contribution >= 0.6 is 0 Å². The number of benzene rings is 2. The van der Waals surface area contributed by atoms with E-state index in [0.717, 1.165) is 37.9 Å². The van der Waals surface area contributed by atoms with Crippen LogP contribution in [-0.4, -0.2) is 45.7 Å². The third-order valence-corrected chi connectivity index (χ3v) is 8.56. The Hall–Kier alpha value is -4.19. The Balaban J connectivity index is 1.76. The molecule has 0 amide bonds. The topological polar surface area (TPSA) is 156 Å². The highest BCUT2D eigenvalue weighted by Crippen LogP contribution is 2.32.